The van der Waals surface area contributed by atoms with Gasteiger partial charge in [-0.3, -0.25) is 4.79 Å². The molecule has 2 N–H and O–H groups in total. The molecule has 0 amide bonds. The summed E-state index contributed by atoms with van der Waals surface area (Å²) >= 11 is 4.34. The van der Waals surface area contributed by atoms with Crippen molar-refractivity contribution in [2.45, 2.75) is 24.0 Å². The van der Waals surface area contributed by atoms with Crippen LogP contribution >= 0.6 is 27.3 Å². The van der Waals surface area contributed by atoms with Crippen LogP contribution in [0.1, 0.15) is 19.8 Å². The molecule has 0 radical (unpaired) electrons. The van der Waals surface area contributed by atoms with Crippen LogP contribution in [0.3, 0.4) is 0 Å². The van der Waals surface area contributed by atoms with Crippen LogP contribution in [-0.2, 0) is 14.8 Å². The maximum atomic E-state index is 11.9. The van der Waals surface area contributed by atoms with Crippen molar-refractivity contribution in [2.24, 2.45) is 5.92 Å². The second-order valence-corrected chi connectivity index (χ2v) is 8.40. The Kier molecular flexibility index (Phi) is 5.77. The Labute approximate surface area is 118 Å². The van der Waals surface area contributed by atoms with Gasteiger partial charge in [0.15, 0.2) is 0 Å². The lowest BCUT2D eigenvalue weighted by molar-refractivity contribution is -0.137. The summed E-state index contributed by atoms with van der Waals surface area (Å²) in [5, 5.41) is 8.53. The molecule has 1 rings (SSSR count). The van der Waals surface area contributed by atoms with Gasteiger partial charge in [-0.2, -0.15) is 0 Å². The van der Waals surface area contributed by atoms with Crippen LogP contribution < -0.4 is 4.72 Å². The van der Waals surface area contributed by atoms with Gasteiger partial charge in [-0.05, 0) is 40.4 Å². The van der Waals surface area contributed by atoms with Crippen LogP contribution in [0.25, 0.3) is 0 Å². The molecule has 1 aromatic rings. The van der Waals surface area contributed by atoms with Crippen LogP contribution in [0.5, 0.6) is 0 Å². The Hall–Kier alpha value is -0.440. The predicted octanol–water partition coefficient (Wildman–Crippen LogP) is 2.29. The molecule has 1 heterocycles. The normalized spacial score (nSPS) is 13.4. The third-order valence-electron chi connectivity index (χ3n) is 2.29. The van der Waals surface area contributed by atoms with E-state index in [-0.39, 0.29) is 23.1 Å². The number of rotatable bonds is 7. The van der Waals surface area contributed by atoms with E-state index in [2.05, 4.69) is 20.7 Å². The summed E-state index contributed by atoms with van der Waals surface area (Å²) in [7, 11) is -3.48. The van der Waals surface area contributed by atoms with Gasteiger partial charge in [0.05, 0.1) is 3.79 Å². The maximum Gasteiger partial charge on any atom is 0.303 e. The molecule has 0 fully saturated rings. The van der Waals surface area contributed by atoms with E-state index < -0.39 is 16.0 Å². The van der Waals surface area contributed by atoms with Crippen LogP contribution in [-0.4, -0.2) is 26.0 Å². The molecule has 0 bridgehead atoms. The zero-order chi connectivity index (χ0) is 13.8. The van der Waals surface area contributed by atoms with Gasteiger partial charge in [-0.25, -0.2) is 13.1 Å². The minimum Gasteiger partial charge on any atom is -0.481 e. The van der Waals surface area contributed by atoms with E-state index in [1.807, 2.05) is 6.92 Å². The van der Waals surface area contributed by atoms with E-state index in [4.69, 9.17) is 5.11 Å². The van der Waals surface area contributed by atoms with Crippen molar-refractivity contribution < 1.29 is 18.3 Å². The highest BCUT2D eigenvalue weighted by Crippen LogP contribution is 2.25. The van der Waals surface area contributed by atoms with Gasteiger partial charge in [0.2, 0.25) is 10.0 Å². The lowest BCUT2D eigenvalue weighted by Gasteiger charge is -2.10. The minimum atomic E-state index is -3.48. The van der Waals surface area contributed by atoms with Crippen molar-refractivity contribution in [3.8, 4) is 0 Å². The first-order valence-electron chi connectivity index (χ1n) is 5.28. The molecule has 1 unspecified atom stereocenters. The van der Waals surface area contributed by atoms with Gasteiger partial charge in [-0.1, -0.05) is 6.92 Å². The molecule has 0 aliphatic rings. The highest BCUT2D eigenvalue weighted by atomic mass is 79.9. The smallest absolute Gasteiger partial charge is 0.303 e. The second-order valence-electron chi connectivity index (χ2n) is 3.95. The van der Waals surface area contributed by atoms with E-state index in [1.54, 1.807) is 6.07 Å². The molecular weight excluding hydrogens is 342 g/mol. The number of carboxylic acid groups (broad SMARTS) is 1. The van der Waals surface area contributed by atoms with Crippen molar-refractivity contribution in [3.63, 3.8) is 0 Å². The van der Waals surface area contributed by atoms with Crippen LogP contribution in [0, 0.1) is 5.92 Å². The van der Waals surface area contributed by atoms with Crippen molar-refractivity contribution in [1.82, 2.24) is 4.72 Å². The minimum absolute atomic E-state index is 0.0146. The third-order valence-corrected chi connectivity index (χ3v) is 5.83. The lowest BCUT2D eigenvalue weighted by atomic mass is 10.1. The summed E-state index contributed by atoms with van der Waals surface area (Å²) in [5.41, 5.74) is 0. The zero-order valence-corrected chi connectivity index (χ0v) is 12.9. The Bertz CT molecular complexity index is 512. The van der Waals surface area contributed by atoms with Crippen molar-refractivity contribution >= 4 is 43.3 Å². The number of carboxylic acids is 1. The van der Waals surface area contributed by atoms with Crippen LogP contribution in [0.4, 0.5) is 0 Å². The number of carbonyl (C=O) groups is 1. The molecule has 102 valence electrons. The van der Waals surface area contributed by atoms with Gasteiger partial charge in [0, 0.05) is 13.0 Å². The quantitative estimate of drug-likeness (QED) is 0.785. The summed E-state index contributed by atoms with van der Waals surface area (Å²) in [4.78, 5) is 10.4. The number of hydrogen-bond donors (Lipinski definition) is 2. The summed E-state index contributed by atoms with van der Waals surface area (Å²) in [6.07, 6.45) is 0.499. The van der Waals surface area contributed by atoms with E-state index in [0.717, 1.165) is 15.1 Å². The summed E-state index contributed by atoms with van der Waals surface area (Å²) < 4.78 is 27.2. The Morgan fingerprint density at radius 1 is 1.56 bits per heavy atom. The van der Waals surface area contributed by atoms with Crippen molar-refractivity contribution in [2.75, 3.05) is 6.54 Å². The average Bonchev–Trinajstić information content (AvgIpc) is 2.71. The monoisotopic (exact) mass is 355 g/mol. The van der Waals surface area contributed by atoms with Gasteiger partial charge in [-0.15, -0.1) is 11.3 Å². The summed E-state index contributed by atoms with van der Waals surface area (Å²) in [5.74, 6) is -0.883. The second kappa shape index (κ2) is 6.65. The van der Waals surface area contributed by atoms with Crippen molar-refractivity contribution in [3.05, 3.63) is 15.9 Å². The fourth-order valence-corrected chi connectivity index (χ4v) is 4.46. The Morgan fingerprint density at radius 3 is 2.72 bits per heavy atom. The number of sulfonamides is 1. The molecule has 0 aromatic carbocycles. The summed E-state index contributed by atoms with van der Waals surface area (Å²) in [6, 6.07) is 3.20. The Balaban J connectivity index is 2.50. The largest absolute Gasteiger partial charge is 0.481 e. The predicted molar refractivity (Wildman–Crippen MR) is 73.2 cm³/mol. The van der Waals surface area contributed by atoms with E-state index in [1.165, 1.54) is 6.07 Å². The SMILES string of the molecule is CC(CCC(=O)O)CNS(=O)(=O)c1ccc(Br)s1. The van der Waals surface area contributed by atoms with Gasteiger partial charge in [0.25, 0.3) is 0 Å². The lowest BCUT2D eigenvalue weighted by Crippen LogP contribution is -2.28. The van der Waals surface area contributed by atoms with Crippen molar-refractivity contribution in [1.29, 1.82) is 0 Å². The molecule has 0 saturated heterocycles. The van der Waals surface area contributed by atoms with E-state index >= 15 is 0 Å². The fraction of sp³-hybridized carbons (Fsp3) is 0.500. The number of hydrogen-bond acceptors (Lipinski definition) is 4. The highest BCUT2D eigenvalue weighted by molar-refractivity contribution is 9.11. The third kappa shape index (κ3) is 5.05. The first-order valence-corrected chi connectivity index (χ1v) is 8.37. The topological polar surface area (TPSA) is 83.5 Å². The number of halogens is 1. The first-order chi connectivity index (χ1) is 8.31. The molecule has 1 atom stereocenters. The van der Waals surface area contributed by atoms with E-state index in [9.17, 15) is 13.2 Å². The molecule has 0 aliphatic carbocycles. The fourth-order valence-electron chi connectivity index (χ4n) is 1.24. The molecule has 18 heavy (non-hydrogen) atoms. The maximum absolute atomic E-state index is 11.9. The molecular formula is C10H14BrNO4S2. The number of aliphatic carboxylic acids is 1. The highest BCUT2D eigenvalue weighted by Gasteiger charge is 2.17. The van der Waals surface area contributed by atoms with E-state index in [0.29, 0.717) is 6.42 Å². The van der Waals surface area contributed by atoms with Crippen LogP contribution in [0.15, 0.2) is 20.1 Å². The van der Waals surface area contributed by atoms with Gasteiger partial charge < -0.3 is 5.11 Å². The molecule has 0 aliphatic heterocycles. The average molecular weight is 356 g/mol. The molecule has 8 heteroatoms. The first kappa shape index (κ1) is 15.6. The summed E-state index contributed by atoms with van der Waals surface area (Å²) in [6.45, 7) is 2.06. The zero-order valence-electron chi connectivity index (χ0n) is 9.72. The molecule has 1 aromatic heterocycles. The van der Waals surface area contributed by atoms with Gasteiger partial charge in [0.1, 0.15) is 4.21 Å². The Morgan fingerprint density at radius 2 is 2.22 bits per heavy atom. The number of thiophene rings is 1. The van der Waals surface area contributed by atoms with Crippen LogP contribution in [0.2, 0.25) is 0 Å². The van der Waals surface area contributed by atoms with Gasteiger partial charge >= 0.3 is 5.97 Å². The molecule has 0 saturated carbocycles. The standard InChI is InChI=1S/C10H14BrNO4S2/c1-7(2-4-9(13)14)6-12-18(15,16)10-5-3-8(11)17-10/h3,5,7,12H,2,4,6H2,1H3,(H,13,14). The number of nitrogens with one attached hydrogen (secondary N) is 1. The molecule has 5 nitrogen and oxygen atoms in total. The molecule has 0 spiro atoms.